The smallest absolute Gasteiger partial charge is 0.230 e. The lowest BCUT2D eigenvalue weighted by atomic mass is 10.1. The quantitative estimate of drug-likeness (QED) is 0.469. The summed E-state index contributed by atoms with van der Waals surface area (Å²) >= 11 is 1.38. The van der Waals surface area contributed by atoms with Crippen molar-refractivity contribution >= 4 is 17.7 Å². The summed E-state index contributed by atoms with van der Waals surface area (Å²) in [4.78, 5) is 14.7. The molecule has 0 aliphatic carbocycles. The number of carbonyl (C=O) groups excluding carboxylic acids is 1. The Hall–Kier alpha value is -2.58. The molecular weight excluding hydrogens is 398 g/mol. The molecule has 160 valence electrons. The van der Waals surface area contributed by atoms with Crippen LogP contribution in [0.5, 0.6) is 0 Å². The van der Waals surface area contributed by atoms with Crippen LogP contribution in [-0.4, -0.2) is 44.4 Å². The summed E-state index contributed by atoms with van der Waals surface area (Å²) in [5.74, 6) is 1.61. The van der Waals surface area contributed by atoms with E-state index in [1.54, 1.807) is 6.26 Å². The van der Waals surface area contributed by atoms with Gasteiger partial charge in [-0.2, -0.15) is 0 Å². The fraction of sp³-hybridized carbons (Fsp3) is 0.409. The number of carbonyl (C=O) groups is 1. The molecule has 0 fully saturated rings. The molecule has 0 bridgehead atoms. The molecule has 0 aliphatic heterocycles. The van der Waals surface area contributed by atoms with Crippen molar-refractivity contribution in [2.24, 2.45) is 0 Å². The molecule has 1 aromatic carbocycles. The van der Waals surface area contributed by atoms with E-state index < -0.39 is 0 Å². The van der Waals surface area contributed by atoms with E-state index in [9.17, 15) is 4.79 Å². The van der Waals surface area contributed by atoms with E-state index in [4.69, 9.17) is 4.42 Å². The molecule has 2 aromatic heterocycles. The van der Waals surface area contributed by atoms with E-state index in [2.05, 4.69) is 58.5 Å². The van der Waals surface area contributed by atoms with Gasteiger partial charge in [0.15, 0.2) is 16.7 Å². The third-order valence-electron chi connectivity index (χ3n) is 4.92. The van der Waals surface area contributed by atoms with Crippen LogP contribution >= 0.6 is 11.8 Å². The maximum Gasteiger partial charge on any atom is 0.230 e. The number of rotatable bonds is 11. The Morgan fingerprint density at radius 3 is 2.47 bits per heavy atom. The zero-order valence-electron chi connectivity index (χ0n) is 17.8. The van der Waals surface area contributed by atoms with E-state index in [0.29, 0.717) is 29.8 Å². The van der Waals surface area contributed by atoms with Crippen molar-refractivity contribution in [3.05, 3.63) is 53.8 Å². The second kappa shape index (κ2) is 11.0. The first kappa shape index (κ1) is 22.1. The van der Waals surface area contributed by atoms with Gasteiger partial charge in [0.2, 0.25) is 5.91 Å². The van der Waals surface area contributed by atoms with Crippen LogP contribution < -0.4 is 5.32 Å². The molecule has 3 rings (SSSR count). The van der Waals surface area contributed by atoms with Crippen molar-refractivity contribution in [1.82, 2.24) is 25.0 Å². The van der Waals surface area contributed by atoms with Gasteiger partial charge in [-0.1, -0.05) is 49.9 Å². The van der Waals surface area contributed by atoms with Crippen LogP contribution in [0.2, 0.25) is 0 Å². The van der Waals surface area contributed by atoms with Crippen LogP contribution in [0.25, 0.3) is 11.6 Å². The van der Waals surface area contributed by atoms with Crippen molar-refractivity contribution in [2.45, 2.75) is 45.6 Å². The summed E-state index contributed by atoms with van der Waals surface area (Å²) in [7, 11) is 0. The molecule has 0 spiro atoms. The zero-order chi connectivity index (χ0) is 21.3. The highest BCUT2D eigenvalue weighted by Gasteiger charge is 2.16. The van der Waals surface area contributed by atoms with Gasteiger partial charge in [-0.25, -0.2) is 0 Å². The van der Waals surface area contributed by atoms with Crippen molar-refractivity contribution in [1.29, 1.82) is 0 Å². The van der Waals surface area contributed by atoms with Crippen molar-refractivity contribution in [3.8, 4) is 11.6 Å². The van der Waals surface area contributed by atoms with Crippen LogP contribution in [0.4, 0.5) is 0 Å². The maximum atomic E-state index is 12.3. The topological polar surface area (TPSA) is 76.2 Å². The van der Waals surface area contributed by atoms with Crippen molar-refractivity contribution in [3.63, 3.8) is 0 Å². The highest BCUT2D eigenvalue weighted by molar-refractivity contribution is 7.99. The Bertz CT molecular complexity index is 918. The number of benzene rings is 1. The van der Waals surface area contributed by atoms with Gasteiger partial charge in [0, 0.05) is 19.6 Å². The Balaban J connectivity index is 1.49. The first-order valence-electron chi connectivity index (χ1n) is 10.3. The van der Waals surface area contributed by atoms with Gasteiger partial charge >= 0.3 is 0 Å². The number of aromatic nitrogens is 3. The lowest BCUT2D eigenvalue weighted by Gasteiger charge is -2.18. The average Bonchev–Trinajstić information content (AvgIpc) is 3.44. The molecule has 0 atom stereocenters. The van der Waals surface area contributed by atoms with E-state index in [1.165, 1.54) is 17.3 Å². The minimum atomic E-state index is -0.0302. The molecule has 3 aromatic rings. The summed E-state index contributed by atoms with van der Waals surface area (Å²) < 4.78 is 7.37. The number of amides is 1. The number of nitrogens with zero attached hydrogens (tertiary/aromatic N) is 4. The highest BCUT2D eigenvalue weighted by atomic mass is 32.2. The van der Waals surface area contributed by atoms with Gasteiger partial charge in [-0.15, -0.1) is 10.2 Å². The number of thioether (sulfide) groups is 1. The first-order valence-corrected chi connectivity index (χ1v) is 11.3. The summed E-state index contributed by atoms with van der Waals surface area (Å²) in [5, 5.41) is 12.1. The maximum absolute atomic E-state index is 12.3. The third-order valence-corrected chi connectivity index (χ3v) is 5.89. The molecule has 30 heavy (non-hydrogen) atoms. The van der Waals surface area contributed by atoms with E-state index in [-0.39, 0.29) is 11.7 Å². The van der Waals surface area contributed by atoms with Crippen LogP contribution in [0.3, 0.4) is 0 Å². The Kier molecular flexibility index (Phi) is 8.10. The van der Waals surface area contributed by atoms with E-state index in [0.717, 1.165) is 25.2 Å². The number of furan rings is 1. The fourth-order valence-corrected chi connectivity index (χ4v) is 3.95. The minimum absolute atomic E-state index is 0.0302. The summed E-state index contributed by atoms with van der Waals surface area (Å²) in [5.41, 5.74) is 2.38. The van der Waals surface area contributed by atoms with Crippen LogP contribution in [-0.2, 0) is 24.4 Å². The van der Waals surface area contributed by atoms with Crippen LogP contribution in [0.15, 0.2) is 52.2 Å². The van der Waals surface area contributed by atoms with E-state index >= 15 is 0 Å². The van der Waals surface area contributed by atoms with Gasteiger partial charge in [0.25, 0.3) is 0 Å². The first-order chi connectivity index (χ1) is 14.6. The Morgan fingerprint density at radius 2 is 1.83 bits per heavy atom. The van der Waals surface area contributed by atoms with Gasteiger partial charge < -0.3 is 9.73 Å². The van der Waals surface area contributed by atoms with Gasteiger partial charge in [0.05, 0.1) is 12.0 Å². The SMILES string of the molecule is CCN(CC)Cc1ccc(CNC(=O)CSc2nnc(-c3ccco3)n2CC)cc1. The average molecular weight is 428 g/mol. The molecule has 1 amide bonds. The molecule has 0 radical (unpaired) electrons. The van der Waals surface area contributed by atoms with Gasteiger partial charge in [-0.05, 0) is 43.3 Å². The fourth-order valence-electron chi connectivity index (χ4n) is 3.12. The molecule has 1 N–H and O–H groups in total. The molecule has 8 heteroatoms. The third kappa shape index (κ3) is 5.73. The summed E-state index contributed by atoms with van der Waals surface area (Å²) in [6.45, 7) is 10.6. The van der Waals surface area contributed by atoms with Crippen molar-refractivity contribution in [2.75, 3.05) is 18.8 Å². The molecule has 0 saturated heterocycles. The van der Waals surface area contributed by atoms with Crippen LogP contribution in [0, 0.1) is 0 Å². The molecule has 0 saturated carbocycles. The zero-order valence-corrected chi connectivity index (χ0v) is 18.6. The largest absolute Gasteiger partial charge is 0.461 e. The number of hydrogen-bond donors (Lipinski definition) is 1. The number of hydrogen-bond acceptors (Lipinski definition) is 6. The summed E-state index contributed by atoms with van der Waals surface area (Å²) in [6.07, 6.45) is 1.61. The predicted molar refractivity (Wildman–Crippen MR) is 119 cm³/mol. The van der Waals surface area contributed by atoms with Gasteiger partial charge in [-0.3, -0.25) is 14.3 Å². The highest BCUT2D eigenvalue weighted by Crippen LogP contribution is 2.24. The summed E-state index contributed by atoms with van der Waals surface area (Å²) in [6, 6.07) is 12.1. The second-order valence-corrected chi connectivity index (χ2v) is 7.81. The van der Waals surface area contributed by atoms with E-state index in [1.807, 2.05) is 23.6 Å². The normalized spacial score (nSPS) is 11.2. The van der Waals surface area contributed by atoms with Crippen molar-refractivity contribution < 1.29 is 9.21 Å². The molecule has 7 nitrogen and oxygen atoms in total. The predicted octanol–water partition coefficient (Wildman–Crippen LogP) is 3.81. The molecule has 2 heterocycles. The Morgan fingerprint density at radius 1 is 1.10 bits per heavy atom. The number of nitrogens with one attached hydrogen (secondary N) is 1. The van der Waals surface area contributed by atoms with Gasteiger partial charge in [0.1, 0.15) is 0 Å². The monoisotopic (exact) mass is 427 g/mol. The molecular formula is C22H29N5O2S. The standard InChI is InChI=1S/C22H29N5O2S/c1-4-26(5-2)15-18-11-9-17(10-12-18)14-23-20(28)16-30-22-25-24-21(27(22)6-3)19-8-7-13-29-19/h7-13H,4-6,14-16H2,1-3H3,(H,23,28). The van der Waals surface area contributed by atoms with Crippen LogP contribution in [0.1, 0.15) is 31.9 Å². The minimum Gasteiger partial charge on any atom is -0.461 e. The Labute approximate surface area is 181 Å². The lowest BCUT2D eigenvalue weighted by molar-refractivity contribution is -0.118. The second-order valence-electron chi connectivity index (χ2n) is 6.87. The lowest BCUT2D eigenvalue weighted by Crippen LogP contribution is -2.25. The molecule has 0 aliphatic rings. The molecule has 0 unspecified atom stereocenters.